The number of anilines is 1. The molecule has 0 spiro atoms. The number of nitrogens with one attached hydrogen (secondary N) is 1. The first kappa shape index (κ1) is 25.8. The van der Waals surface area contributed by atoms with Crippen LogP contribution in [-0.4, -0.2) is 16.9 Å². The summed E-state index contributed by atoms with van der Waals surface area (Å²) in [4.78, 5) is 30.7. The molecule has 0 radical (unpaired) electrons. The largest absolute Gasteiger partial charge is 0.424 e. The zero-order valence-electron chi connectivity index (χ0n) is 19.7. The van der Waals surface area contributed by atoms with Gasteiger partial charge in [-0.1, -0.05) is 71.2 Å². The van der Waals surface area contributed by atoms with E-state index in [9.17, 15) is 9.59 Å². The van der Waals surface area contributed by atoms with Crippen molar-refractivity contribution in [3.63, 3.8) is 0 Å². The Morgan fingerprint density at radius 1 is 1.11 bits per heavy atom. The third-order valence-corrected chi connectivity index (χ3v) is 6.39. The van der Waals surface area contributed by atoms with E-state index in [0.717, 1.165) is 22.5 Å². The van der Waals surface area contributed by atoms with E-state index in [1.807, 2.05) is 49.4 Å². The van der Waals surface area contributed by atoms with Gasteiger partial charge in [0.05, 0.1) is 16.8 Å². The molecule has 8 heteroatoms. The Morgan fingerprint density at radius 2 is 1.86 bits per heavy atom. The second kappa shape index (κ2) is 11.2. The summed E-state index contributed by atoms with van der Waals surface area (Å²) in [6, 6.07) is 17.3. The molecule has 36 heavy (non-hydrogen) atoms. The summed E-state index contributed by atoms with van der Waals surface area (Å²) in [6.45, 7) is 3.75. The van der Waals surface area contributed by atoms with Gasteiger partial charge in [-0.25, -0.2) is 9.37 Å². The van der Waals surface area contributed by atoms with Crippen molar-refractivity contribution in [3.05, 3.63) is 87.1 Å². The smallest absolute Gasteiger partial charge is 0.311 e. The van der Waals surface area contributed by atoms with Gasteiger partial charge in [-0.15, -0.1) is 0 Å². The van der Waals surface area contributed by atoms with E-state index in [4.69, 9.17) is 21.3 Å². The number of benzene rings is 3. The number of unbranched alkanes of at least 4 members (excludes halogenated alkanes) is 1. The average Bonchev–Trinajstić information content (AvgIpc) is 2.85. The third-order valence-electron chi connectivity index (χ3n) is 5.68. The second-order valence-electron chi connectivity index (χ2n) is 8.28. The van der Waals surface area contributed by atoms with Crippen LogP contribution in [-0.2, 0) is 4.79 Å². The van der Waals surface area contributed by atoms with Crippen LogP contribution in [0.3, 0.4) is 0 Å². The summed E-state index contributed by atoms with van der Waals surface area (Å²) < 4.78 is 21.1. The molecule has 3 aromatic carbocycles. The zero-order chi connectivity index (χ0) is 25.8. The molecule has 0 aliphatic heterocycles. The summed E-state index contributed by atoms with van der Waals surface area (Å²) in [5.41, 5.74) is 2.79. The number of pyridine rings is 1. The number of hydrogen-bond donors (Lipinski definition) is 1. The summed E-state index contributed by atoms with van der Waals surface area (Å²) in [6.07, 6.45) is 1.60. The molecule has 1 amide bonds. The minimum Gasteiger partial charge on any atom is -0.424 e. The molecular weight excluding hydrogens is 547 g/mol. The number of halogens is 3. The van der Waals surface area contributed by atoms with E-state index >= 15 is 4.39 Å². The molecule has 0 fully saturated rings. The van der Waals surface area contributed by atoms with Crippen molar-refractivity contribution in [3.8, 4) is 17.0 Å². The van der Waals surface area contributed by atoms with Crippen molar-refractivity contribution in [1.82, 2.24) is 4.98 Å². The Balaban J connectivity index is 1.81. The molecule has 0 saturated heterocycles. The number of hydrogen-bond acceptors (Lipinski definition) is 4. The van der Waals surface area contributed by atoms with Gasteiger partial charge in [0.15, 0.2) is 11.6 Å². The predicted molar refractivity (Wildman–Crippen MR) is 144 cm³/mol. The van der Waals surface area contributed by atoms with Gasteiger partial charge < -0.3 is 10.1 Å². The van der Waals surface area contributed by atoms with Crippen molar-refractivity contribution in [1.29, 1.82) is 0 Å². The Morgan fingerprint density at radius 3 is 2.58 bits per heavy atom. The van der Waals surface area contributed by atoms with Crippen LogP contribution in [0.25, 0.3) is 22.2 Å². The maximum absolute atomic E-state index is 15.0. The molecule has 1 heterocycles. The molecule has 1 aromatic heterocycles. The molecule has 4 aromatic rings. The number of amides is 1. The van der Waals surface area contributed by atoms with Gasteiger partial charge in [0.1, 0.15) is 5.69 Å². The van der Waals surface area contributed by atoms with Gasteiger partial charge in [-0.3, -0.25) is 9.59 Å². The molecule has 1 N–H and O–H groups in total. The summed E-state index contributed by atoms with van der Waals surface area (Å²) in [5, 5.41) is 3.26. The van der Waals surface area contributed by atoms with Gasteiger partial charge >= 0.3 is 5.97 Å². The Bertz CT molecular complexity index is 1460. The van der Waals surface area contributed by atoms with Crippen LogP contribution < -0.4 is 10.1 Å². The van der Waals surface area contributed by atoms with Crippen molar-refractivity contribution in [2.45, 2.75) is 33.1 Å². The van der Waals surface area contributed by atoms with E-state index in [0.29, 0.717) is 34.1 Å². The topological polar surface area (TPSA) is 68.3 Å². The summed E-state index contributed by atoms with van der Waals surface area (Å²) in [7, 11) is 0. The van der Waals surface area contributed by atoms with Crippen LogP contribution in [0.15, 0.2) is 65.1 Å². The highest BCUT2D eigenvalue weighted by atomic mass is 79.9. The average molecular weight is 570 g/mol. The molecule has 0 bridgehead atoms. The maximum Gasteiger partial charge on any atom is 0.311 e. The van der Waals surface area contributed by atoms with Crippen molar-refractivity contribution >= 4 is 56.0 Å². The lowest BCUT2D eigenvalue weighted by Gasteiger charge is -2.17. The minimum atomic E-state index is -0.811. The van der Waals surface area contributed by atoms with Crippen molar-refractivity contribution in [2.75, 3.05) is 5.32 Å². The lowest BCUT2D eigenvalue weighted by atomic mass is 9.97. The Labute approximate surface area is 221 Å². The number of esters is 1. The Hall–Kier alpha value is -3.29. The fraction of sp³-hybridized carbons (Fsp3) is 0.179. The third kappa shape index (κ3) is 5.58. The van der Waals surface area contributed by atoms with Crippen LogP contribution in [0, 0.1) is 12.7 Å². The van der Waals surface area contributed by atoms with Crippen molar-refractivity contribution in [2.24, 2.45) is 0 Å². The lowest BCUT2D eigenvalue weighted by Crippen LogP contribution is -2.18. The first-order chi connectivity index (χ1) is 17.3. The number of carbonyl (C=O) groups excluding carboxylic acids is 2. The first-order valence-corrected chi connectivity index (χ1v) is 12.6. The SMILES string of the molecule is CCCCC(=O)Oc1cc(Cl)cc(F)c1NC(=O)c1c(C)c(-c2ccccc2)nc2ccc(Br)cc12. The molecular formula is C28H23BrClFN2O3. The van der Waals surface area contributed by atoms with Gasteiger partial charge in [0.2, 0.25) is 0 Å². The first-order valence-electron chi connectivity index (χ1n) is 11.4. The van der Waals surface area contributed by atoms with Crippen molar-refractivity contribution < 1.29 is 18.7 Å². The van der Waals surface area contributed by atoms with Crippen LogP contribution in [0.5, 0.6) is 5.75 Å². The molecule has 0 atom stereocenters. The van der Waals surface area contributed by atoms with E-state index in [1.165, 1.54) is 6.07 Å². The fourth-order valence-corrected chi connectivity index (χ4v) is 4.48. The number of ether oxygens (including phenoxy) is 1. The van der Waals surface area contributed by atoms with E-state index in [1.54, 1.807) is 13.0 Å². The van der Waals surface area contributed by atoms with Gasteiger partial charge in [-0.05, 0) is 43.2 Å². The molecule has 4 rings (SSSR count). The van der Waals surface area contributed by atoms with E-state index in [2.05, 4.69) is 21.2 Å². The number of carbonyl (C=O) groups is 2. The predicted octanol–water partition coefficient (Wildman–Crippen LogP) is 8.11. The number of fused-ring (bicyclic) bond motifs is 1. The van der Waals surface area contributed by atoms with E-state index < -0.39 is 17.7 Å². The summed E-state index contributed by atoms with van der Waals surface area (Å²) in [5.74, 6) is -2.05. The maximum atomic E-state index is 15.0. The number of rotatable bonds is 7. The van der Waals surface area contributed by atoms with Gasteiger partial charge in [0.25, 0.3) is 5.91 Å². The molecule has 5 nitrogen and oxygen atoms in total. The zero-order valence-corrected chi connectivity index (χ0v) is 22.0. The highest BCUT2D eigenvalue weighted by molar-refractivity contribution is 9.10. The molecule has 0 saturated carbocycles. The van der Waals surface area contributed by atoms with E-state index in [-0.39, 0.29) is 22.9 Å². The lowest BCUT2D eigenvalue weighted by molar-refractivity contribution is -0.134. The van der Waals surface area contributed by atoms with Gasteiger partial charge in [-0.2, -0.15) is 0 Å². The van der Waals surface area contributed by atoms with Crippen LogP contribution in [0.2, 0.25) is 5.02 Å². The number of aromatic nitrogens is 1. The standard InChI is InChI=1S/C28H23BrClFN2O3/c1-3-4-10-24(34)36-23-15-19(30)14-21(31)27(23)33-28(35)25-16(2)26(17-8-6-5-7-9-17)32-22-12-11-18(29)13-20(22)25/h5-9,11-15H,3-4,10H2,1-2H3,(H,33,35). The number of nitrogens with zero attached hydrogens (tertiary/aromatic N) is 1. The molecule has 0 aliphatic carbocycles. The molecule has 0 unspecified atom stereocenters. The van der Waals surface area contributed by atoms with Crippen LogP contribution in [0.4, 0.5) is 10.1 Å². The fourth-order valence-electron chi connectivity index (χ4n) is 3.92. The van der Waals surface area contributed by atoms with Gasteiger partial charge in [0, 0.05) is 32.9 Å². The van der Waals surface area contributed by atoms with Crippen LogP contribution >= 0.6 is 27.5 Å². The monoisotopic (exact) mass is 568 g/mol. The normalized spacial score (nSPS) is 10.9. The molecule has 184 valence electrons. The molecule has 0 aliphatic rings. The minimum absolute atomic E-state index is 0.0460. The van der Waals surface area contributed by atoms with Crippen LogP contribution in [0.1, 0.15) is 42.1 Å². The highest BCUT2D eigenvalue weighted by Gasteiger charge is 2.23. The highest BCUT2D eigenvalue weighted by Crippen LogP contribution is 2.35. The quantitative estimate of drug-likeness (QED) is 0.180. The Kier molecular flexibility index (Phi) is 8.01. The summed E-state index contributed by atoms with van der Waals surface area (Å²) >= 11 is 9.47. The second-order valence-corrected chi connectivity index (χ2v) is 9.63.